The molecule has 3 saturated carbocycles. The quantitative estimate of drug-likeness (QED) is 0.00365. The number of alkyl halides is 1. The van der Waals surface area contributed by atoms with Gasteiger partial charge in [0.15, 0.2) is 17.2 Å². The number of aliphatic hydroxyl groups excluding tert-OH is 1. The number of ketones is 3. The fraction of sp³-hybridized carbons (Fsp3) is 0.408. The van der Waals surface area contributed by atoms with Gasteiger partial charge in [0, 0.05) is 43.2 Å². The van der Waals surface area contributed by atoms with E-state index in [0.717, 1.165) is 125 Å². The number of aromatic carboxylic acids is 1. The zero-order chi connectivity index (χ0) is 108. The summed E-state index contributed by atoms with van der Waals surface area (Å²) >= 11 is 29.4. The van der Waals surface area contributed by atoms with Gasteiger partial charge in [0.1, 0.15) is 57.4 Å². The van der Waals surface area contributed by atoms with E-state index >= 15 is 0 Å². The summed E-state index contributed by atoms with van der Waals surface area (Å²) < 4.78 is 38.5. The number of hydrogen-bond acceptors (Lipinski definition) is 27. The molecule has 5 aromatic heterocycles. The molecule has 1 saturated heterocycles. The fourth-order valence-corrected chi connectivity index (χ4v) is 14.7. The highest BCUT2D eigenvalue weighted by Gasteiger charge is 2.25. The lowest BCUT2D eigenvalue weighted by Crippen LogP contribution is -2.37. The maximum Gasteiger partial charge on any atom is 0.369 e. The van der Waals surface area contributed by atoms with Crippen molar-refractivity contribution in [2.45, 2.75) is 202 Å². The summed E-state index contributed by atoms with van der Waals surface area (Å²) in [6.07, 6.45) is 21.9. The van der Waals surface area contributed by atoms with Crippen molar-refractivity contribution in [3.8, 4) is 62.9 Å². The Balaban J connectivity index is 0.000000426. The van der Waals surface area contributed by atoms with Crippen molar-refractivity contribution in [1.29, 1.82) is 0 Å². The number of carboxylic acids is 1. The molecule has 1 aliphatic heterocycles. The third-order valence-electron chi connectivity index (χ3n) is 21.4. The number of aryl methyl sites for hydroxylation is 5. The number of Topliss-reactive ketones (excluding diaryl/α,β-unsaturated/α-hetero) is 3. The number of carbonyl (C=O) groups is 10. The van der Waals surface area contributed by atoms with Crippen molar-refractivity contribution >= 4 is 172 Å². The Labute approximate surface area is 910 Å². The summed E-state index contributed by atoms with van der Waals surface area (Å²) in [4.78, 5) is 111. The number of nitrogen functional groups attached to an aromatic ring is 1. The zero-order valence-electron chi connectivity index (χ0n) is 85.2. The van der Waals surface area contributed by atoms with Gasteiger partial charge in [0.25, 0.3) is 17.1 Å². The van der Waals surface area contributed by atoms with Crippen molar-refractivity contribution in [3.05, 3.63) is 233 Å². The van der Waals surface area contributed by atoms with Gasteiger partial charge in [-0.2, -0.15) is 25.5 Å². The SMILES string of the molecule is BrB(Br)Br.CC(=O)CC(=O)C(C)=O.CCO.CCOC(=O)c1cc(C)nn1-c1ccc(OC)cc1.COc1ccc(-n2nc(C)cc2C(=O)Cl)cc1.COc1ccc(-n2nc(C)cc2C(=O)NC2CCCCC2)cc1.COc1ccc(-n2nc(C)cc2C(=O)O)cc1.COc1ccc(NN)cc1.Cc1cc(C(=O)NC2CCCCC2)n(-c2ccc(O)cc2)n1.Cl.ClCCCN1CCCC1.NC1CCCCC1.O=C(Cl)C(=O)Cl. The van der Waals surface area contributed by atoms with Crippen LogP contribution in [0.3, 0.4) is 0 Å². The first-order chi connectivity index (χ1) is 69.7. The number of rotatable bonds is 26. The van der Waals surface area contributed by atoms with Crippen LogP contribution in [0.25, 0.3) is 28.4 Å². The van der Waals surface area contributed by atoms with E-state index in [0.29, 0.717) is 46.8 Å². The number of benzene rings is 6. The average Bonchev–Trinajstić information content (AvgIpc) is 1.68. The molecule has 11 aromatic rings. The standard InChI is InChI=1S/C18H23N3O2.C17H21N3O2.C14H16N2O3.C12H11ClN2O2.C12H12N2O3.C7H14ClN.C7H10N2O.C6H13N.C6H8O3.C2Cl2O2.C2H6O.BBr3.ClH/c1-13-12-17(18(22)19-14-6-4-3-5-7-14)21(20-13)15-8-10-16(23-2)11-9-15;1-12-11-16(17(22)18-13-5-3-2-4-6-13)20(19-12)14-7-9-15(21)10-8-14;1-4-19-14(17)13-9-10(2)15-16(13)11-5-7-12(18-3)8-6-11;1-8-7-11(12(13)16)15(14-8)9-3-5-10(17-2)6-4-9;1-8-7-11(12(15)16)14(13-8)9-3-5-10(17-2)6-4-9;8-4-3-7-9-5-1-2-6-9;1-10-7-4-2-6(9-8)3-5-7;7-6-4-2-1-3-5-6;1-4(7)3-6(9)5(2)8;3-1(5)2(4)6;1-2-3;2-1(3)4;/h8-12,14H,3-7H2,1-2H3,(H,19,22);7-11,13,21H,2-6H2,1H3,(H,18,22);5-9H,4H2,1-3H3;3-7H,1-2H3;3-7H,1-2H3,(H,15,16);1-7H2;2-5,9H,8H2,1H3;6H,1-5,7H2;3H2,1-2H3;;3H,2H2,1H3;;1H. The highest BCUT2D eigenvalue weighted by Crippen LogP contribution is 2.27. The molecule has 4 aliphatic rings. The molecule has 6 heterocycles. The van der Waals surface area contributed by atoms with Crippen LogP contribution < -0.4 is 51.3 Å². The fourth-order valence-electron chi connectivity index (χ4n) is 14.4. The predicted molar refractivity (Wildman–Crippen MR) is 589 cm³/mol. The summed E-state index contributed by atoms with van der Waals surface area (Å²) in [6, 6.07) is 52.8. The van der Waals surface area contributed by atoms with Crippen molar-refractivity contribution in [1.82, 2.24) is 64.4 Å². The molecule has 0 spiro atoms. The molecule has 15 rings (SSSR count). The number of nitrogens with zero attached hydrogens (tertiary/aromatic N) is 11. The van der Waals surface area contributed by atoms with Crippen LogP contribution >= 0.6 is 106 Å². The molecule has 147 heavy (non-hydrogen) atoms. The minimum atomic E-state index is -1.14. The summed E-state index contributed by atoms with van der Waals surface area (Å²) in [7, 11) is 8.05. The molecule has 35 nitrogen and oxygen atoms in total. The van der Waals surface area contributed by atoms with Crippen LogP contribution in [-0.4, -0.2) is 222 Å². The van der Waals surface area contributed by atoms with E-state index in [2.05, 4.69) is 117 Å². The molecule has 6 aromatic carbocycles. The molecule has 4 fully saturated rings. The van der Waals surface area contributed by atoms with Crippen LogP contribution in [0.1, 0.15) is 231 Å². The number of likely N-dealkylation sites (tertiary alicyclic amines) is 1. The van der Waals surface area contributed by atoms with Gasteiger partial charge in [-0.25, -0.2) is 33.0 Å². The lowest BCUT2D eigenvalue weighted by molar-refractivity contribution is -0.137. The molecule has 10 N–H and O–H groups in total. The number of aromatic hydroxyl groups is 1. The third-order valence-corrected chi connectivity index (χ3v) is 22.3. The van der Waals surface area contributed by atoms with E-state index in [1.54, 1.807) is 149 Å². The minimum absolute atomic E-state index is 0. The number of carboxylic acid groups (broad SMARTS) is 1. The molecular weight excluding hydrogens is 2190 g/mol. The van der Waals surface area contributed by atoms with Gasteiger partial charge in [-0.3, -0.25) is 44.2 Å². The zero-order valence-corrected chi connectivity index (χ0v) is 93.8. The highest BCUT2D eigenvalue weighted by molar-refractivity contribution is 9.69. The number of aromatic nitrogens is 10. The molecular formula is C103H135BBr3Cl5N16O19. The third kappa shape index (κ3) is 49.6. The molecule has 800 valence electrons. The van der Waals surface area contributed by atoms with Gasteiger partial charge in [0.2, 0.25) is 5.78 Å². The number of phenolic OH excluding ortho intramolecular Hbond substituents is 1. The smallest absolute Gasteiger partial charge is 0.369 e. The minimum Gasteiger partial charge on any atom is -0.508 e. The Kier molecular flexibility index (Phi) is 63.7. The van der Waals surface area contributed by atoms with E-state index in [1.807, 2.05) is 119 Å². The van der Waals surface area contributed by atoms with Crippen LogP contribution in [0.15, 0.2) is 176 Å². The molecule has 0 bridgehead atoms. The van der Waals surface area contributed by atoms with Crippen molar-refractivity contribution in [2.24, 2.45) is 11.6 Å². The molecule has 44 heteroatoms. The Morgan fingerprint density at radius 2 is 0.735 bits per heavy atom. The summed E-state index contributed by atoms with van der Waals surface area (Å²) in [5.74, 6) is 7.06. The first-order valence-corrected chi connectivity index (χ1v) is 51.7. The maximum atomic E-state index is 12.6. The second-order valence-electron chi connectivity index (χ2n) is 33.0. The molecule has 0 unspecified atom stereocenters. The number of anilines is 1. The van der Waals surface area contributed by atoms with Crippen LogP contribution in [0.4, 0.5) is 5.69 Å². The first kappa shape index (κ1) is 130. The highest BCUT2D eigenvalue weighted by atomic mass is 79.9. The number of amides is 2. The Morgan fingerprint density at radius 3 is 1.00 bits per heavy atom. The molecule has 3 aliphatic carbocycles. The van der Waals surface area contributed by atoms with Gasteiger partial charge in [-0.15, -0.1) is 71.3 Å². The van der Waals surface area contributed by atoms with Crippen molar-refractivity contribution in [3.63, 3.8) is 0 Å². The number of methoxy groups -OCH3 is 5. The first-order valence-electron chi connectivity index (χ1n) is 47.2. The number of ether oxygens (including phenoxy) is 6. The van der Waals surface area contributed by atoms with Gasteiger partial charge >= 0.3 is 25.6 Å². The lowest BCUT2D eigenvalue weighted by Gasteiger charge is -2.22. The van der Waals surface area contributed by atoms with Crippen LogP contribution in [0.2, 0.25) is 0 Å². The number of nitrogens with two attached hydrogens (primary N) is 2. The Morgan fingerprint density at radius 1 is 0.449 bits per heavy atom. The second-order valence-corrected chi connectivity index (χ2v) is 40.8. The van der Waals surface area contributed by atoms with Crippen molar-refractivity contribution < 1.29 is 91.7 Å². The van der Waals surface area contributed by atoms with E-state index in [-0.39, 0.29) is 75.7 Å². The number of nitrogens with one attached hydrogen (secondary N) is 3. The number of hydrazine groups is 1. The van der Waals surface area contributed by atoms with Gasteiger partial charge in [-0.1, -0.05) is 57.8 Å². The number of esters is 1. The van der Waals surface area contributed by atoms with Gasteiger partial charge < -0.3 is 70.4 Å². The largest absolute Gasteiger partial charge is 0.508 e. The molecule has 0 radical (unpaired) electrons. The van der Waals surface area contributed by atoms with E-state index < -0.39 is 33.3 Å². The van der Waals surface area contributed by atoms with Crippen LogP contribution in [0.5, 0.6) is 34.5 Å². The predicted octanol–water partition coefficient (Wildman–Crippen LogP) is 20.2. The summed E-state index contributed by atoms with van der Waals surface area (Å²) in [5.41, 5.74) is 18.7. The molecule has 2 amide bonds. The number of halogens is 8. The van der Waals surface area contributed by atoms with E-state index in [4.69, 9.17) is 73.4 Å². The van der Waals surface area contributed by atoms with Gasteiger partial charge in [0.05, 0.1) is 105 Å². The number of aliphatic hydroxyl groups is 1. The number of phenols is 1. The lowest BCUT2D eigenvalue weighted by atomic mass is 9.95. The van der Waals surface area contributed by atoms with Crippen LogP contribution in [0, 0.1) is 34.6 Å². The Bertz CT molecular complexity index is 5640. The number of hydrogen-bond donors (Lipinski definition) is 8. The van der Waals surface area contributed by atoms with E-state index in [1.165, 1.54) is 125 Å². The number of carbonyl (C=O) groups excluding carboxylic acids is 9. The van der Waals surface area contributed by atoms with Gasteiger partial charge in [-0.05, 0) is 344 Å². The van der Waals surface area contributed by atoms with Crippen LogP contribution in [-0.2, 0) is 28.7 Å². The second kappa shape index (κ2) is 72.1. The summed E-state index contributed by atoms with van der Waals surface area (Å²) in [5, 5.41) is 51.0. The topological polar surface area (TPSA) is 467 Å². The normalized spacial score (nSPS) is 12.7. The maximum absolute atomic E-state index is 12.6. The summed E-state index contributed by atoms with van der Waals surface area (Å²) in [6.45, 7) is 19.5. The van der Waals surface area contributed by atoms with E-state index in [9.17, 15) is 53.1 Å². The average molecular weight is 2330 g/mol. The Hall–Kier alpha value is -11.3. The monoisotopic (exact) mass is 2320 g/mol. The van der Waals surface area contributed by atoms with Crippen molar-refractivity contribution in [2.75, 3.05) is 79.7 Å². The molecule has 0 atom stereocenters.